The van der Waals surface area contributed by atoms with Gasteiger partial charge in [0.15, 0.2) is 0 Å². The predicted molar refractivity (Wildman–Crippen MR) is 147 cm³/mol. The second-order valence-corrected chi connectivity index (χ2v) is 7.28. The number of nitrogens with two attached hydrogens (primary N) is 2. The molecule has 1 aliphatic rings. The fraction of sp³-hybridized carbons (Fsp3) is 0.409. The van der Waals surface area contributed by atoms with E-state index in [1.54, 1.807) is 7.11 Å². The Morgan fingerprint density at radius 3 is 2.47 bits per heavy atom. The van der Waals surface area contributed by atoms with Crippen LogP contribution >= 0.6 is 50.9 Å². The first-order chi connectivity index (χ1) is 14.1. The summed E-state index contributed by atoms with van der Waals surface area (Å²) in [6.45, 7) is 8.49. The number of methoxy groups -OCH3 is 1. The van der Waals surface area contributed by atoms with Crippen LogP contribution in [-0.4, -0.2) is 48.0 Å². The molecule has 4 rings (SSSR count). The Labute approximate surface area is 220 Å². The Morgan fingerprint density at radius 1 is 1.12 bits per heavy atom. The molecule has 32 heavy (non-hydrogen) atoms. The zero-order valence-electron chi connectivity index (χ0n) is 18.5. The maximum absolute atomic E-state index is 6.33. The van der Waals surface area contributed by atoms with Crippen molar-refractivity contribution in [3.05, 3.63) is 35.9 Å². The fourth-order valence-electron chi connectivity index (χ4n) is 3.94. The summed E-state index contributed by atoms with van der Waals surface area (Å²) in [4.78, 5) is 2.39. The highest BCUT2D eigenvalue weighted by molar-refractivity contribution is 8.93. The van der Waals surface area contributed by atoms with Crippen molar-refractivity contribution in [3.63, 3.8) is 0 Å². The number of hydrogen-bond donors (Lipinski definition) is 2. The molecular formula is C22H32Br3N5O2. The van der Waals surface area contributed by atoms with Crippen molar-refractivity contribution in [2.24, 2.45) is 11.5 Å². The van der Waals surface area contributed by atoms with E-state index in [4.69, 9.17) is 26.0 Å². The number of hydrogen-bond acceptors (Lipinski definition) is 6. The molecule has 0 spiro atoms. The number of aromatic nitrogens is 2. The standard InChI is InChI=1S/C22H29N5O2.3BrH/c1-4-26(5-2)10-11-27-18-8-7-15(17(24)13-23)22-20(18)21(25-27)16-12-14(28-3)6-9-19(16)29-22;;;/h6-9,12,17H,4-5,10-11,13,23-24H2,1-3H3;3*1H. The van der Waals surface area contributed by atoms with Gasteiger partial charge in [-0.15, -0.1) is 50.9 Å². The zero-order valence-corrected chi connectivity index (χ0v) is 23.7. The topological polar surface area (TPSA) is 91.6 Å². The summed E-state index contributed by atoms with van der Waals surface area (Å²) in [7, 11) is 1.66. The summed E-state index contributed by atoms with van der Waals surface area (Å²) in [6, 6.07) is 9.60. The number of fused-ring (bicyclic) bond motifs is 2. The predicted octanol–water partition coefficient (Wildman–Crippen LogP) is 4.85. The number of benzene rings is 2. The van der Waals surface area contributed by atoms with Gasteiger partial charge in [-0.3, -0.25) is 4.68 Å². The molecule has 10 heteroatoms. The molecule has 3 aromatic rings. The zero-order chi connectivity index (χ0) is 20.5. The SMILES string of the molecule is Br.Br.Br.CCN(CC)CCn1nc2c3c(c(C(N)CN)ccc31)Oc1ccc(OC)cc1-2. The maximum atomic E-state index is 6.33. The van der Waals surface area contributed by atoms with Crippen LogP contribution in [0, 0.1) is 0 Å². The molecule has 2 heterocycles. The number of likely N-dealkylation sites (N-methyl/N-ethyl adjacent to an activating group) is 1. The largest absolute Gasteiger partial charge is 0.497 e. The maximum Gasteiger partial charge on any atom is 0.143 e. The van der Waals surface area contributed by atoms with Crippen LogP contribution in [0.25, 0.3) is 22.2 Å². The second kappa shape index (κ2) is 12.3. The highest BCUT2D eigenvalue weighted by atomic mass is 79.9. The number of rotatable bonds is 8. The van der Waals surface area contributed by atoms with Crippen LogP contribution in [0.15, 0.2) is 30.3 Å². The first kappa shape index (κ1) is 28.9. The Hall–Kier alpha value is -1.17. The third-order valence-corrected chi connectivity index (χ3v) is 5.73. The quantitative estimate of drug-likeness (QED) is 0.287. The van der Waals surface area contributed by atoms with Crippen molar-refractivity contribution < 1.29 is 9.47 Å². The van der Waals surface area contributed by atoms with Crippen LogP contribution in [0.5, 0.6) is 17.2 Å². The third-order valence-electron chi connectivity index (χ3n) is 5.73. The van der Waals surface area contributed by atoms with E-state index >= 15 is 0 Å². The monoisotopic (exact) mass is 635 g/mol. The van der Waals surface area contributed by atoms with E-state index < -0.39 is 0 Å². The van der Waals surface area contributed by atoms with Crippen molar-refractivity contribution in [1.82, 2.24) is 14.7 Å². The van der Waals surface area contributed by atoms with E-state index in [0.29, 0.717) is 6.54 Å². The van der Waals surface area contributed by atoms with Gasteiger partial charge in [0.25, 0.3) is 0 Å². The first-order valence-electron chi connectivity index (χ1n) is 10.2. The van der Waals surface area contributed by atoms with E-state index in [1.807, 2.05) is 24.3 Å². The molecule has 0 radical (unpaired) electrons. The lowest BCUT2D eigenvalue weighted by molar-refractivity contribution is 0.287. The van der Waals surface area contributed by atoms with Gasteiger partial charge in [0.2, 0.25) is 0 Å². The van der Waals surface area contributed by atoms with E-state index in [-0.39, 0.29) is 57.0 Å². The minimum absolute atomic E-state index is 0. The molecule has 1 atom stereocenters. The fourth-order valence-corrected chi connectivity index (χ4v) is 3.94. The molecule has 1 aromatic heterocycles. The van der Waals surface area contributed by atoms with Crippen LogP contribution < -0.4 is 20.9 Å². The Kier molecular flexibility index (Phi) is 11.1. The molecule has 0 saturated carbocycles. The summed E-state index contributed by atoms with van der Waals surface area (Å²) >= 11 is 0. The van der Waals surface area contributed by atoms with Crippen molar-refractivity contribution in [3.8, 4) is 28.5 Å². The van der Waals surface area contributed by atoms with Gasteiger partial charge < -0.3 is 25.8 Å². The van der Waals surface area contributed by atoms with Crippen LogP contribution in [0.2, 0.25) is 0 Å². The van der Waals surface area contributed by atoms with Gasteiger partial charge in [-0.2, -0.15) is 5.10 Å². The minimum atomic E-state index is -0.291. The van der Waals surface area contributed by atoms with E-state index in [2.05, 4.69) is 29.5 Å². The molecule has 1 aliphatic heterocycles. The van der Waals surface area contributed by atoms with Crippen molar-refractivity contribution >= 4 is 61.8 Å². The lowest BCUT2D eigenvalue weighted by atomic mass is 9.97. The molecule has 2 aromatic carbocycles. The number of ether oxygens (including phenoxy) is 2. The molecule has 1 unspecified atom stereocenters. The van der Waals surface area contributed by atoms with Gasteiger partial charge in [-0.25, -0.2) is 0 Å². The van der Waals surface area contributed by atoms with Gasteiger partial charge in [-0.1, -0.05) is 19.9 Å². The van der Waals surface area contributed by atoms with Crippen LogP contribution in [0.4, 0.5) is 0 Å². The van der Waals surface area contributed by atoms with Crippen molar-refractivity contribution in [2.45, 2.75) is 26.4 Å². The summed E-state index contributed by atoms with van der Waals surface area (Å²) in [6.07, 6.45) is 0. The number of nitrogens with zero attached hydrogens (tertiary/aromatic N) is 3. The number of halogens is 3. The summed E-state index contributed by atoms with van der Waals surface area (Å²) in [5.41, 5.74) is 15.9. The third kappa shape index (κ3) is 5.15. The van der Waals surface area contributed by atoms with Gasteiger partial charge in [0, 0.05) is 30.3 Å². The normalized spacial score (nSPS) is 12.2. The molecule has 0 fully saturated rings. The molecule has 0 amide bonds. The minimum Gasteiger partial charge on any atom is -0.497 e. The molecule has 4 N–H and O–H groups in total. The summed E-state index contributed by atoms with van der Waals surface area (Å²) in [5.74, 6) is 2.30. The van der Waals surface area contributed by atoms with Gasteiger partial charge in [0.1, 0.15) is 22.9 Å². The lowest BCUT2D eigenvalue weighted by Gasteiger charge is -2.22. The molecule has 7 nitrogen and oxygen atoms in total. The molecule has 178 valence electrons. The average Bonchev–Trinajstić information content (AvgIpc) is 3.14. The van der Waals surface area contributed by atoms with E-state index in [1.165, 1.54) is 0 Å². The second-order valence-electron chi connectivity index (χ2n) is 7.28. The van der Waals surface area contributed by atoms with Crippen LogP contribution in [0.1, 0.15) is 25.5 Å². The van der Waals surface area contributed by atoms with Gasteiger partial charge in [0.05, 0.1) is 24.6 Å². The highest BCUT2D eigenvalue weighted by Crippen LogP contribution is 2.49. The average molecular weight is 638 g/mol. The van der Waals surface area contributed by atoms with E-state index in [0.717, 1.165) is 71.2 Å². The Balaban J connectivity index is 0.00000171. The van der Waals surface area contributed by atoms with Gasteiger partial charge >= 0.3 is 0 Å². The van der Waals surface area contributed by atoms with Crippen LogP contribution in [-0.2, 0) is 6.54 Å². The van der Waals surface area contributed by atoms with Crippen molar-refractivity contribution in [1.29, 1.82) is 0 Å². The molecule has 0 bridgehead atoms. The Morgan fingerprint density at radius 2 is 1.84 bits per heavy atom. The molecule has 0 aliphatic carbocycles. The molecular weight excluding hydrogens is 606 g/mol. The van der Waals surface area contributed by atoms with E-state index in [9.17, 15) is 0 Å². The summed E-state index contributed by atoms with van der Waals surface area (Å²) < 4.78 is 13.8. The Bertz CT molecular complexity index is 1040. The first-order valence-corrected chi connectivity index (χ1v) is 10.2. The van der Waals surface area contributed by atoms with Crippen molar-refractivity contribution in [2.75, 3.05) is 33.3 Å². The van der Waals surface area contributed by atoms with Gasteiger partial charge in [-0.05, 0) is 37.4 Å². The lowest BCUT2D eigenvalue weighted by Crippen LogP contribution is -2.27. The molecule has 0 saturated heterocycles. The highest BCUT2D eigenvalue weighted by Gasteiger charge is 2.28. The van der Waals surface area contributed by atoms with Crippen LogP contribution in [0.3, 0.4) is 0 Å². The summed E-state index contributed by atoms with van der Waals surface area (Å²) in [5, 5.41) is 5.98. The smallest absolute Gasteiger partial charge is 0.143 e.